The molecule has 1 aromatic carbocycles. The second-order valence-electron chi connectivity index (χ2n) is 4.18. The Balaban J connectivity index is 2.56. The molecule has 108 valence electrons. The summed E-state index contributed by atoms with van der Waals surface area (Å²) in [5.41, 5.74) is 6.28. The van der Waals surface area contributed by atoms with Gasteiger partial charge in [0.15, 0.2) is 0 Å². The number of hydrogen-bond acceptors (Lipinski definition) is 3. The molecular weight excluding hydrogens is 259 g/mol. The molecule has 1 unspecified atom stereocenters. The summed E-state index contributed by atoms with van der Waals surface area (Å²) in [5.74, 6) is 0.704. The summed E-state index contributed by atoms with van der Waals surface area (Å²) in [4.78, 5) is 0. The first-order valence-electron chi connectivity index (χ1n) is 5.96. The Morgan fingerprint density at radius 1 is 1.21 bits per heavy atom. The molecule has 1 rings (SSSR count). The molecule has 0 amide bonds. The monoisotopic (exact) mass is 277 g/mol. The topological polar surface area (TPSA) is 44.5 Å². The molecule has 0 saturated heterocycles. The summed E-state index contributed by atoms with van der Waals surface area (Å²) >= 11 is 0. The Labute approximate surface area is 110 Å². The molecule has 0 heterocycles. The Bertz CT molecular complexity index is 365. The fourth-order valence-electron chi connectivity index (χ4n) is 1.67. The van der Waals surface area contributed by atoms with E-state index in [0.29, 0.717) is 25.1 Å². The van der Waals surface area contributed by atoms with Crippen LogP contribution < -0.4 is 10.5 Å². The predicted octanol–water partition coefficient (Wildman–Crippen LogP) is 2.53. The van der Waals surface area contributed by atoms with Crippen LogP contribution in [0, 0.1) is 0 Å². The number of nitrogens with two attached hydrogens (primary N) is 1. The number of methoxy groups -OCH3 is 1. The van der Waals surface area contributed by atoms with Crippen LogP contribution in [0.3, 0.4) is 0 Å². The smallest absolute Gasteiger partial charge is 0.411 e. The molecule has 0 aliphatic heterocycles. The highest BCUT2D eigenvalue weighted by Crippen LogP contribution is 2.19. The van der Waals surface area contributed by atoms with Gasteiger partial charge in [-0.2, -0.15) is 13.2 Å². The van der Waals surface area contributed by atoms with Gasteiger partial charge in [0, 0.05) is 0 Å². The van der Waals surface area contributed by atoms with Crippen molar-refractivity contribution in [3.8, 4) is 5.75 Å². The first-order valence-corrected chi connectivity index (χ1v) is 5.96. The van der Waals surface area contributed by atoms with Gasteiger partial charge in [-0.05, 0) is 37.1 Å². The molecule has 1 aromatic rings. The minimum absolute atomic E-state index is 0.290. The quantitative estimate of drug-likeness (QED) is 0.833. The van der Waals surface area contributed by atoms with E-state index in [-0.39, 0.29) is 0 Å². The van der Waals surface area contributed by atoms with E-state index in [2.05, 4.69) is 0 Å². The Kier molecular flexibility index (Phi) is 6.11. The lowest BCUT2D eigenvalue weighted by atomic mass is 10.1. The molecule has 0 aromatic heterocycles. The van der Waals surface area contributed by atoms with Gasteiger partial charge in [0.2, 0.25) is 0 Å². The first-order chi connectivity index (χ1) is 8.94. The Morgan fingerprint density at radius 3 is 2.32 bits per heavy atom. The largest absolute Gasteiger partial charge is 0.497 e. The third kappa shape index (κ3) is 6.45. The maximum Gasteiger partial charge on any atom is 0.411 e. The van der Waals surface area contributed by atoms with Crippen LogP contribution in [0.1, 0.15) is 12.0 Å². The van der Waals surface area contributed by atoms with E-state index < -0.39 is 18.9 Å². The molecule has 1 atom stereocenters. The van der Waals surface area contributed by atoms with Gasteiger partial charge in [-0.1, -0.05) is 12.1 Å². The molecule has 0 aliphatic carbocycles. The van der Waals surface area contributed by atoms with E-state index in [9.17, 15) is 13.2 Å². The van der Waals surface area contributed by atoms with Gasteiger partial charge >= 0.3 is 6.18 Å². The summed E-state index contributed by atoms with van der Waals surface area (Å²) < 4.78 is 46.2. The van der Waals surface area contributed by atoms with Gasteiger partial charge in [-0.15, -0.1) is 0 Å². The summed E-state index contributed by atoms with van der Waals surface area (Å²) in [6, 6.07) is 7.13. The molecule has 0 aliphatic rings. The second-order valence-corrected chi connectivity index (χ2v) is 4.18. The van der Waals surface area contributed by atoms with Crippen LogP contribution >= 0.6 is 0 Å². The average molecular weight is 277 g/mol. The number of ether oxygens (including phenoxy) is 2. The number of alkyl halides is 3. The van der Waals surface area contributed by atoms with E-state index in [1.807, 2.05) is 0 Å². The van der Waals surface area contributed by atoms with Gasteiger partial charge in [-0.25, -0.2) is 0 Å². The SMILES string of the molecule is COc1ccc(CC(CCN)OCC(F)(F)F)cc1. The van der Waals surface area contributed by atoms with Crippen LogP contribution in [0.2, 0.25) is 0 Å². The van der Waals surface area contributed by atoms with Gasteiger partial charge in [0.05, 0.1) is 13.2 Å². The summed E-state index contributed by atoms with van der Waals surface area (Å²) in [5, 5.41) is 0. The van der Waals surface area contributed by atoms with Crippen LogP contribution in [0.4, 0.5) is 13.2 Å². The number of halogens is 3. The summed E-state index contributed by atoms with van der Waals surface area (Å²) in [6.07, 6.45) is -4.05. The van der Waals surface area contributed by atoms with Crippen molar-refractivity contribution in [3.63, 3.8) is 0 Å². The van der Waals surface area contributed by atoms with Crippen LogP contribution in [0.15, 0.2) is 24.3 Å². The van der Waals surface area contributed by atoms with Crippen molar-refractivity contribution >= 4 is 0 Å². The average Bonchev–Trinajstić information content (AvgIpc) is 2.36. The molecule has 0 saturated carbocycles. The van der Waals surface area contributed by atoms with Gasteiger partial charge in [-0.3, -0.25) is 0 Å². The van der Waals surface area contributed by atoms with Gasteiger partial charge in [0.1, 0.15) is 12.4 Å². The predicted molar refractivity (Wildman–Crippen MR) is 66.2 cm³/mol. The van der Waals surface area contributed by atoms with Crippen molar-refractivity contribution in [1.82, 2.24) is 0 Å². The Morgan fingerprint density at radius 2 is 1.84 bits per heavy atom. The standard InChI is InChI=1S/C13H18F3NO2/c1-18-11-4-2-10(3-5-11)8-12(6-7-17)19-9-13(14,15)16/h2-5,12H,6-9,17H2,1H3. The molecule has 6 heteroatoms. The normalized spacial score (nSPS) is 13.3. The van der Waals surface area contributed by atoms with E-state index in [0.717, 1.165) is 5.56 Å². The van der Waals surface area contributed by atoms with Crippen LogP contribution in [0.25, 0.3) is 0 Å². The zero-order valence-corrected chi connectivity index (χ0v) is 10.7. The zero-order valence-electron chi connectivity index (χ0n) is 10.7. The fraction of sp³-hybridized carbons (Fsp3) is 0.538. The van der Waals surface area contributed by atoms with E-state index in [1.165, 1.54) is 0 Å². The molecule has 3 nitrogen and oxygen atoms in total. The first kappa shape index (κ1) is 15.8. The zero-order chi connectivity index (χ0) is 14.3. The lowest BCUT2D eigenvalue weighted by Crippen LogP contribution is -2.26. The molecule has 0 radical (unpaired) electrons. The van der Waals surface area contributed by atoms with Crippen molar-refractivity contribution in [2.45, 2.75) is 25.1 Å². The van der Waals surface area contributed by atoms with Crippen molar-refractivity contribution in [2.24, 2.45) is 5.73 Å². The lowest BCUT2D eigenvalue weighted by Gasteiger charge is -2.18. The van der Waals surface area contributed by atoms with E-state index in [1.54, 1.807) is 31.4 Å². The molecule has 19 heavy (non-hydrogen) atoms. The van der Waals surface area contributed by atoms with Crippen LogP contribution in [0.5, 0.6) is 5.75 Å². The third-order valence-corrected chi connectivity index (χ3v) is 2.59. The number of hydrogen-bond donors (Lipinski definition) is 1. The van der Waals surface area contributed by atoms with Crippen molar-refractivity contribution in [1.29, 1.82) is 0 Å². The maximum absolute atomic E-state index is 12.1. The molecule has 0 fully saturated rings. The number of benzene rings is 1. The minimum atomic E-state index is -4.31. The third-order valence-electron chi connectivity index (χ3n) is 2.59. The maximum atomic E-state index is 12.1. The molecule has 0 spiro atoms. The van der Waals surface area contributed by atoms with Crippen molar-refractivity contribution < 1.29 is 22.6 Å². The molecule has 2 N–H and O–H groups in total. The van der Waals surface area contributed by atoms with E-state index >= 15 is 0 Å². The number of rotatable bonds is 7. The van der Waals surface area contributed by atoms with E-state index in [4.69, 9.17) is 15.2 Å². The summed E-state index contributed by atoms with van der Waals surface area (Å²) in [6.45, 7) is -0.952. The summed E-state index contributed by atoms with van der Waals surface area (Å²) in [7, 11) is 1.55. The highest BCUT2D eigenvalue weighted by atomic mass is 19.4. The van der Waals surface area contributed by atoms with Gasteiger partial charge < -0.3 is 15.2 Å². The van der Waals surface area contributed by atoms with Crippen LogP contribution in [-0.2, 0) is 11.2 Å². The highest BCUT2D eigenvalue weighted by molar-refractivity contribution is 5.27. The Hall–Kier alpha value is -1.27. The van der Waals surface area contributed by atoms with Gasteiger partial charge in [0.25, 0.3) is 0 Å². The van der Waals surface area contributed by atoms with Crippen molar-refractivity contribution in [2.75, 3.05) is 20.3 Å². The molecule has 0 bridgehead atoms. The molecular formula is C13H18F3NO2. The minimum Gasteiger partial charge on any atom is -0.497 e. The highest BCUT2D eigenvalue weighted by Gasteiger charge is 2.29. The van der Waals surface area contributed by atoms with Crippen LogP contribution in [-0.4, -0.2) is 32.5 Å². The van der Waals surface area contributed by atoms with Crippen molar-refractivity contribution in [3.05, 3.63) is 29.8 Å². The second kappa shape index (κ2) is 7.35. The fourth-order valence-corrected chi connectivity index (χ4v) is 1.67. The lowest BCUT2D eigenvalue weighted by molar-refractivity contribution is -0.185.